The van der Waals surface area contributed by atoms with Gasteiger partial charge in [0.05, 0.1) is 26.9 Å². The Labute approximate surface area is 177 Å². The second-order valence-electron chi connectivity index (χ2n) is 6.72. The fourth-order valence-electron chi connectivity index (χ4n) is 3.07. The number of ether oxygens (including phenoxy) is 4. The van der Waals surface area contributed by atoms with E-state index in [0.717, 1.165) is 12.0 Å². The molecule has 2 aromatic carbocycles. The first-order valence-electron chi connectivity index (χ1n) is 9.78. The second-order valence-corrected chi connectivity index (χ2v) is 6.72. The van der Waals surface area contributed by atoms with Gasteiger partial charge in [0.2, 0.25) is 5.75 Å². The lowest BCUT2D eigenvalue weighted by Crippen LogP contribution is -2.38. The van der Waals surface area contributed by atoms with Gasteiger partial charge >= 0.3 is 5.97 Å². The van der Waals surface area contributed by atoms with Gasteiger partial charge in [-0.05, 0) is 31.0 Å². The predicted octanol–water partition coefficient (Wildman–Crippen LogP) is 3.57. The highest BCUT2D eigenvalue weighted by Crippen LogP contribution is 2.38. The molecule has 0 fully saturated rings. The third kappa shape index (κ3) is 5.65. The average molecular weight is 415 g/mol. The number of benzene rings is 2. The van der Waals surface area contributed by atoms with Crippen molar-refractivity contribution in [3.05, 3.63) is 53.6 Å². The first-order chi connectivity index (χ1) is 14.4. The van der Waals surface area contributed by atoms with Crippen molar-refractivity contribution >= 4 is 11.9 Å². The molecular weight excluding hydrogens is 386 g/mol. The summed E-state index contributed by atoms with van der Waals surface area (Å²) < 4.78 is 21.1. The van der Waals surface area contributed by atoms with E-state index in [4.69, 9.17) is 18.9 Å². The summed E-state index contributed by atoms with van der Waals surface area (Å²) in [5.74, 6) is 0.198. The molecule has 0 aliphatic heterocycles. The molecule has 7 heteroatoms. The van der Waals surface area contributed by atoms with Crippen molar-refractivity contribution in [2.24, 2.45) is 0 Å². The summed E-state index contributed by atoms with van der Waals surface area (Å²) >= 11 is 0. The number of esters is 1. The van der Waals surface area contributed by atoms with Crippen LogP contribution in [-0.2, 0) is 9.53 Å². The number of nitrogens with one attached hydrogen (secondary N) is 1. The molecule has 0 radical (unpaired) electrons. The summed E-state index contributed by atoms with van der Waals surface area (Å²) in [5.41, 5.74) is 1.35. The Balaban J connectivity index is 2.02. The first kappa shape index (κ1) is 23.1. The maximum Gasteiger partial charge on any atom is 0.339 e. The molecule has 0 aromatic heterocycles. The molecule has 30 heavy (non-hydrogen) atoms. The molecule has 0 saturated heterocycles. The molecule has 0 unspecified atom stereocenters. The molecule has 2 aromatic rings. The molecule has 0 bridgehead atoms. The van der Waals surface area contributed by atoms with E-state index in [1.807, 2.05) is 30.3 Å². The van der Waals surface area contributed by atoms with Gasteiger partial charge in [0, 0.05) is 12.5 Å². The van der Waals surface area contributed by atoms with E-state index in [2.05, 4.69) is 12.2 Å². The minimum absolute atomic E-state index is 0.188. The smallest absolute Gasteiger partial charge is 0.339 e. The van der Waals surface area contributed by atoms with Crippen LogP contribution in [0.15, 0.2) is 42.5 Å². The molecule has 1 N–H and O–H groups in total. The standard InChI is InChI=1S/C23H29NO6/c1-6-16(17-10-8-7-9-11-17)14-24-22(25)15(2)30-23(26)18-12-19(27-3)21(29-5)20(13-18)28-4/h7-13,15-16H,6,14H2,1-5H3,(H,24,25)/t15-,16+/m1/s1. The van der Waals surface area contributed by atoms with E-state index in [1.165, 1.54) is 40.4 Å². The van der Waals surface area contributed by atoms with Gasteiger partial charge < -0.3 is 24.3 Å². The Morgan fingerprint density at radius 3 is 2.07 bits per heavy atom. The van der Waals surface area contributed by atoms with E-state index < -0.39 is 12.1 Å². The minimum Gasteiger partial charge on any atom is -0.493 e. The zero-order valence-corrected chi connectivity index (χ0v) is 18.1. The Hall–Kier alpha value is -3.22. The number of carbonyl (C=O) groups excluding carboxylic acids is 2. The highest BCUT2D eigenvalue weighted by atomic mass is 16.5. The molecule has 1 amide bonds. The molecule has 0 heterocycles. The Kier molecular flexibility index (Phi) is 8.53. The second kappa shape index (κ2) is 11.1. The number of hydrogen-bond acceptors (Lipinski definition) is 6. The highest BCUT2D eigenvalue weighted by molar-refractivity contribution is 5.93. The molecule has 162 valence electrons. The lowest BCUT2D eigenvalue weighted by molar-refractivity contribution is -0.129. The fourth-order valence-corrected chi connectivity index (χ4v) is 3.07. The van der Waals surface area contributed by atoms with Crippen molar-refractivity contribution in [3.63, 3.8) is 0 Å². The molecule has 0 spiro atoms. The first-order valence-corrected chi connectivity index (χ1v) is 9.78. The van der Waals surface area contributed by atoms with Gasteiger partial charge in [-0.3, -0.25) is 4.79 Å². The molecule has 0 aliphatic carbocycles. The Bertz CT molecular complexity index is 827. The van der Waals surface area contributed by atoms with Gasteiger partial charge in [0.1, 0.15) is 0 Å². The summed E-state index contributed by atoms with van der Waals surface area (Å²) in [6.07, 6.45) is -0.0750. The lowest BCUT2D eigenvalue weighted by Gasteiger charge is -2.19. The van der Waals surface area contributed by atoms with Crippen LogP contribution in [0.25, 0.3) is 0 Å². The molecule has 0 saturated carbocycles. The van der Waals surface area contributed by atoms with Crippen LogP contribution >= 0.6 is 0 Å². The van der Waals surface area contributed by atoms with Gasteiger partial charge in [0.15, 0.2) is 17.6 Å². The number of methoxy groups -OCH3 is 3. The summed E-state index contributed by atoms with van der Waals surface area (Å²) in [7, 11) is 4.39. The van der Waals surface area contributed by atoms with Gasteiger partial charge in [-0.2, -0.15) is 0 Å². The average Bonchev–Trinajstić information content (AvgIpc) is 2.78. The topological polar surface area (TPSA) is 83.1 Å². The lowest BCUT2D eigenvalue weighted by atomic mass is 9.96. The normalized spacial score (nSPS) is 12.4. The van der Waals surface area contributed by atoms with E-state index in [9.17, 15) is 9.59 Å². The highest BCUT2D eigenvalue weighted by Gasteiger charge is 2.23. The van der Waals surface area contributed by atoms with E-state index in [0.29, 0.717) is 23.8 Å². The van der Waals surface area contributed by atoms with Crippen LogP contribution in [0.3, 0.4) is 0 Å². The van der Waals surface area contributed by atoms with Crippen LogP contribution in [-0.4, -0.2) is 45.9 Å². The summed E-state index contributed by atoms with van der Waals surface area (Å²) in [6, 6.07) is 12.9. The molecule has 2 atom stereocenters. The van der Waals surface area contributed by atoms with Crippen molar-refractivity contribution in [1.29, 1.82) is 0 Å². The zero-order valence-electron chi connectivity index (χ0n) is 18.1. The zero-order chi connectivity index (χ0) is 22.1. The van der Waals surface area contributed by atoms with E-state index in [1.54, 1.807) is 0 Å². The summed E-state index contributed by atoms with van der Waals surface area (Å²) in [6.45, 7) is 4.07. The van der Waals surface area contributed by atoms with E-state index >= 15 is 0 Å². The number of amides is 1. The maximum atomic E-state index is 12.6. The SMILES string of the molecule is CC[C@@H](CNC(=O)[C@@H](C)OC(=O)c1cc(OC)c(OC)c(OC)c1)c1ccccc1. The quantitative estimate of drug-likeness (QED) is 0.598. The monoisotopic (exact) mass is 415 g/mol. The van der Waals surface area contributed by atoms with Crippen LogP contribution in [0.2, 0.25) is 0 Å². The maximum absolute atomic E-state index is 12.6. The summed E-state index contributed by atoms with van der Waals surface area (Å²) in [4.78, 5) is 25.0. The number of carbonyl (C=O) groups is 2. The third-order valence-corrected chi connectivity index (χ3v) is 4.84. The Morgan fingerprint density at radius 2 is 1.57 bits per heavy atom. The van der Waals surface area contributed by atoms with Crippen molar-refractivity contribution < 1.29 is 28.5 Å². The summed E-state index contributed by atoms with van der Waals surface area (Å²) in [5, 5.41) is 2.87. The van der Waals surface area contributed by atoms with Gasteiger partial charge in [-0.25, -0.2) is 4.79 Å². The number of rotatable bonds is 10. The van der Waals surface area contributed by atoms with Gasteiger partial charge in [-0.1, -0.05) is 37.3 Å². The van der Waals surface area contributed by atoms with Gasteiger partial charge in [0.25, 0.3) is 5.91 Å². The predicted molar refractivity (Wildman–Crippen MR) is 113 cm³/mol. The van der Waals surface area contributed by atoms with Crippen molar-refractivity contribution in [1.82, 2.24) is 5.32 Å². The molecular formula is C23H29NO6. The van der Waals surface area contributed by atoms with Crippen molar-refractivity contribution in [2.75, 3.05) is 27.9 Å². The largest absolute Gasteiger partial charge is 0.493 e. The molecule has 7 nitrogen and oxygen atoms in total. The third-order valence-electron chi connectivity index (χ3n) is 4.84. The fraction of sp³-hybridized carbons (Fsp3) is 0.391. The number of hydrogen-bond donors (Lipinski definition) is 1. The van der Waals surface area contributed by atoms with Crippen LogP contribution < -0.4 is 19.5 Å². The minimum atomic E-state index is -0.954. The van der Waals surface area contributed by atoms with Crippen LogP contribution in [0, 0.1) is 0 Å². The molecule has 0 aliphatic rings. The van der Waals surface area contributed by atoms with E-state index in [-0.39, 0.29) is 17.4 Å². The van der Waals surface area contributed by atoms with Crippen LogP contribution in [0.1, 0.15) is 42.1 Å². The van der Waals surface area contributed by atoms with Crippen LogP contribution in [0.5, 0.6) is 17.2 Å². The van der Waals surface area contributed by atoms with Crippen molar-refractivity contribution in [3.8, 4) is 17.2 Å². The van der Waals surface area contributed by atoms with Gasteiger partial charge in [-0.15, -0.1) is 0 Å². The van der Waals surface area contributed by atoms with Crippen LogP contribution in [0.4, 0.5) is 0 Å². The Morgan fingerprint density at radius 1 is 0.967 bits per heavy atom. The molecule has 2 rings (SSSR count). The van der Waals surface area contributed by atoms with Crippen molar-refractivity contribution in [2.45, 2.75) is 32.3 Å².